The molecule has 2 aromatic rings. The molecule has 8 nitrogen and oxygen atoms in total. The van der Waals surface area contributed by atoms with E-state index in [9.17, 15) is 13.2 Å². The summed E-state index contributed by atoms with van der Waals surface area (Å²) in [4.78, 5) is 16.4. The van der Waals surface area contributed by atoms with Crippen molar-refractivity contribution in [2.45, 2.75) is 4.90 Å². The van der Waals surface area contributed by atoms with Gasteiger partial charge in [-0.1, -0.05) is 0 Å². The van der Waals surface area contributed by atoms with Crippen molar-refractivity contribution in [2.24, 2.45) is 0 Å². The first-order chi connectivity index (χ1) is 10.6. The second-order valence-corrected chi connectivity index (χ2v) is 6.13. The van der Waals surface area contributed by atoms with E-state index in [1.807, 2.05) is 4.83 Å². The lowest BCUT2D eigenvalue weighted by Crippen LogP contribution is -2.41. The molecule has 0 saturated heterocycles. The van der Waals surface area contributed by atoms with Crippen LogP contribution in [0.1, 0.15) is 10.5 Å². The molecule has 9 heteroatoms. The van der Waals surface area contributed by atoms with Gasteiger partial charge in [0.2, 0.25) is 0 Å². The van der Waals surface area contributed by atoms with E-state index in [1.165, 1.54) is 24.3 Å². The molecule has 2 heterocycles. The molecule has 116 valence electrons. The molecule has 0 fully saturated rings. The highest BCUT2D eigenvalue weighted by Gasteiger charge is 2.20. The number of nitrogens with one attached hydrogen (secondary N) is 3. The summed E-state index contributed by atoms with van der Waals surface area (Å²) >= 11 is 0. The molecular weight excluding hydrogens is 310 g/mol. The van der Waals surface area contributed by atoms with Gasteiger partial charge in [0.25, 0.3) is 15.9 Å². The first-order valence-corrected chi connectivity index (χ1v) is 7.90. The smallest absolute Gasteiger partial charge is 0.282 e. The maximum atomic E-state index is 12.2. The van der Waals surface area contributed by atoms with Gasteiger partial charge in [-0.2, -0.15) is 0 Å². The maximum Gasteiger partial charge on any atom is 0.282 e. The van der Waals surface area contributed by atoms with Crippen LogP contribution in [0.4, 0.5) is 0 Å². The van der Waals surface area contributed by atoms with Crippen LogP contribution in [-0.4, -0.2) is 32.5 Å². The zero-order valence-electron chi connectivity index (χ0n) is 11.3. The van der Waals surface area contributed by atoms with Gasteiger partial charge in [0.1, 0.15) is 18.9 Å². The van der Waals surface area contributed by atoms with Gasteiger partial charge in [-0.15, -0.1) is 4.83 Å². The van der Waals surface area contributed by atoms with E-state index >= 15 is 0 Å². The Morgan fingerprint density at radius 2 is 1.91 bits per heavy atom. The molecule has 0 aliphatic carbocycles. The molecule has 0 atom stereocenters. The van der Waals surface area contributed by atoms with E-state index in [0.29, 0.717) is 24.7 Å². The van der Waals surface area contributed by atoms with Crippen molar-refractivity contribution >= 4 is 15.9 Å². The Morgan fingerprint density at radius 1 is 1.14 bits per heavy atom. The molecule has 3 N–H and O–H groups in total. The van der Waals surface area contributed by atoms with Gasteiger partial charge in [0.15, 0.2) is 11.5 Å². The van der Waals surface area contributed by atoms with Crippen LogP contribution in [0, 0.1) is 0 Å². The van der Waals surface area contributed by atoms with E-state index in [1.54, 1.807) is 12.3 Å². The SMILES string of the molecule is O=C(NNS(=O)(=O)c1ccc2c(c1)OCCO2)c1ccc[nH]1. The number of fused-ring (bicyclic) bond motifs is 1. The van der Waals surface area contributed by atoms with E-state index in [4.69, 9.17) is 9.47 Å². The largest absolute Gasteiger partial charge is 0.486 e. The third-order valence-electron chi connectivity index (χ3n) is 2.97. The van der Waals surface area contributed by atoms with Gasteiger partial charge < -0.3 is 14.5 Å². The minimum atomic E-state index is -3.91. The molecule has 0 spiro atoms. The number of carbonyl (C=O) groups is 1. The second kappa shape index (κ2) is 5.70. The van der Waals surface area contributed by atoms with Gasteiger partial charge in [0.05, 0.1) is 4.90 Å². The number of sulfonamides is 1. The third-order valence-corrected chi connectivity index (χ3v) is 4.21. The standard InChI is InChI=1S/C13H13N3O5S/c17-13(10-2-1-5-14-10)15-16-22(18,19)9-3-4-11-12(8-9)21-7-6-20-11/h1-5,8,14,16H,6-7H2,(H,15,17). The molecule has 1 amide bonds. The van der Waals surface area contributed by atoms with Crippen LogP contribution in [0.15, 0.2) is 41.4 Å². The Morgan fingerprint density at radius 3 is 2.64 bits per heavy atom. The number of benzene rings is 1. The first-order valence-electron chi connectivity index (χ1n) is 6.41. The molecule has 22 heavy (non-hydrogen) atoms. The average molecular weight is 323 g/mol. The fourth-order valence-corrected chi connectivity index (χ4v) is 2.76. The van der Waals surface area contributed by atoms with Crippen LogP contribution in [0.3, 0.4) is 0 Å². The van der Waals surface area contributed by atoms with Gasteiger partial charge in [0, 0.05) is 12.3 Å². The quantitative estimate of drug-likeness (QED) is 0.706. The van der Waals surface area contributed by atoms with Gasteiger partial charge >= 0.3 is 0 Å². The summed E-state index contributed by atoms with van der Waals surface area (Å²) in [7, 11) is -3.91. The van der Waals surface area contributed by atoms with Crippen LogP contribution in [-0.2, 0) is 10.0 Å². The van der Waals surface area contributed by atoms with Gasteiger partial charge in [-0.25, -0.2) is 8.42 Å². The van der Waals surface area contributed by atoms with E-state index in [2.05, 4.69) is 10.4 Å². The van der Waals surface area contributed by atoms with Crippen molar-refractivity contribution in [3.05, 3.63) is 42.2 Å². The van der Waals surface area contributed by atoms with Crippen LogP contribution < -0.4 is 19.7 Å². The van der Waals surface area contributed by atoms with Crippen LogP contribution in [0.25, 0.3) is 0 Å². The summed E-state index contributed by atoms with van der Waals surface area (Å²) in [6, 6.07) is 7.38. The predicted molar refractivity (Wildman–Crippen MR) is 76.0 cm³/mol. The van der Waals surface area contributed by atoms with Crippen LogP contribution in [0.5, 0.6) is 11.5 Å². The normalized spacial score (nSPS) is 13.6. The molecule has 0 bridgehead atoms. The Kier molecular flexibility index (Phi) is 3.73. The number of amides is 1. The van der Waals surface area contributed by atoms with Crippen molar-refractivity contribution in [2.75, 3.05) is 13.2 Å². The molecule has 0 unspecified atom stereocenters. The third kappa shape index (κ3) is 2.90. The van der Waals surface area contributed by atoms with Crippen molar-refractivity contribution in [3.8, 4) is 11.5 Å². The Hall–Kier alpha value is -2.52. The lowest BCUT2D eigenvalue weighted by molar-refractivity contribution is 0.0940. The number of hydrogen-bond donors (Lipinski definition) is 3. The number of aromatic nitrogens is 1. The predicted octanol–water partition coefficient (Wildman–Crippen LogP) is 0.409. The lowest BCUT2D eigenvalue weighted by Gasteiger charge is -2.18. The zero-order chi connectivity index (χ0) is 15.6. The van der Waals surface area contributed by atoms with Crippen molar-refractivity contribution in [3.63, 3.8) is 0 Å². The Bertz CT molecular complexity index is 786. The number of carbonyl (C=O) groups excluding carboxylic acids is 1. The second-order valence-electron chi connectivity index (χ2n) is 4.45. The number of hydrogen-bond acceptors (Lipinski definition) is 5. The summed E-state index contributed by atoms with van der Waals surface area (Å²) in [5, 5.41) is 0. The summed E-state index contributed by atoms with van der Waals surface area (Å²) in [6.45, 7) is 0.775. The molecule has 0 saturated carbocycles. The number of ether oxygens (including phenoxy) is 2. The minimum Gasteiger partial charge on any atom is -0.486 e. The Balaban J connectivity index is 1.74. The topological polar surface area (TPSA) is 110 Å². The van der Waals surface area contributed by atoms with Gasteiger partial charge in [-0.3, -0.25) is 10.2 Å². The lowest BCUT2D eigenvalue weighted by atomic mass is 10.3. The highest BCUT2D eigenvalue weighted by Crippen LogP contribution is 2.31. The van der Waals surface area contributed by atoms with Crippen LogP contribution in [0.2, 0.25) is 0 Å². The van der Waals surface area contributed by atoms with E-state index < -0.39 is 15.9 Å². The van der Waals surface area contributed by atoms with Crippen molar-refractivity contribution in [1.82, 2.24) is 15.2 Å². The van der Waals surface area contributed by atoms with Crippen molar-refractivity contribution in [1.29, 1.82) is 0 Å². The number of rotatable bonds is 4. The fraction of sp³-hybridized carbons (Fsp3) is 0.154. The fourth-order valence-electron chi connectivity index (χ4n) is 1.90. The van der Waals surface area contributed by atoms with Gasteiger partial charge in [-0.05, 0) is 24.3 Å². The average Bonchev–Trinajstić information content (AvgIpc) is 3.07. The molecular formula is C13H13N3O5S. The van der Waals surface area contributed by atoms with E-state index in [0.717, 1.165) is 0 Å². The summed E-state index contributed by atoms with van der Waals surface area (Å²) in [6.07, 6.45) is 1.56. The molecule has 1 aliphatic heterocycles. The van der Waals surface area contributed by atoms with Crippen LogP contribution >= 0.6 is 0 Å². The number of hydrazine groups is 1. The minimum absolute atomic E-state index is 0.0384. The van der Waals surface area contributed by atoms with Crippen molar-refractivity contribution < 1.29 is 22.7 Å². The summed E-state index contributed by atoms with van der Waals surface area (Å²) in [5.74, 6) is 0.247. The highest BCUT2D eigenvalue weighted by molar-refractivity contribution is 7.89. The molecule has 1 aliphatic rings. The Labute approximate surface area is 126 Å². The number of aromatic amines is 1. The monoisotopic (exact) mass is 323 g/mol. The molecule has 1 aromatic heterocycles. The first kappa shape index (κ1) is 14.4. The molecule has 3 rings (SSSR count). The van der Waals surface area contributed by atoms with E-state index in [-0.39, 0.29) is 10.6 Å². The number of H-pyrrole nitrogens is 1. The molecule has 0 radical (unpaired) electrons. The molecule has 1 aromatic carbocycles. The summed E-state index contributed by atoms with van der Waals surface area (Å²) in [5.41, 5.74) is 2.36. The highest BCUT2D eigenvalue weighted by atomic mass is 32.2. The summed E-state index contributed by atoms with van der Waals surface area (Å²) < 4.78 is 35.0. The maximum absolute atomic E-state index is 12.2. The zero-order valence-corrected chi connectivity index (χ0v) is 12.1.